The van der Waals surface area contributed by atoms with Crippen molar-refractivity contribution in [1.29, 1.82) is 0 Å². The molecule has 0 spiro atoms. The summed E-state index contributed by atoms with van der Waals surface area (Å²) in [5.41, 5.74) is 0.475. The van der Waals surface area contributed by atoms with Gasteiger partial charge in [0.05, 0.1) is 11.1 Å². The number of rotatable bonds is 6. The number of ether oxygens (including phenoxy) is 3. The molecule has 5 unspecified atom stereocenters. The van der Waals surface area contributed by atoms with Gasteiger partial charge in [-0.3, -0.25) is 15.0 Å². The molecule has 2 aromatic rings. The van der Waals surface area contributed by atoms with Gasteiger partial charge >= 0.3 is 18.0 Å². The number of nitrogens with one attached hydrogen (secondary N) is 1. The van der Waals surface area contributed by atoms with Gasteiger partial charge in [-0.2, -0.15) is 0 Å². The number of hydrogen-bond donors (Lipinski definition) is 1. The predicted octanol–water partition coefficient (Wildman–Crippen LogP) is 2.45. The lowest BCUT2D eigenvalue weighted by Crippen LogP contribution is -2.60. The summed E-state index contributed by atoms with van der Waals surface area (Å²) >= 11 is 3.13. The highest BCUT2D eigenvalue weighted by Crippen LogP contribution is 2.31. The summed E-state index contributed by atoms with van der Waals surface area (Å²) in [4.78, 5) is 49.2. The minimum atomic E-state index is -1.97. The number of carbonyl (C=O) groups excluding carboxylic acids is 4. The Hall–Kier alpha value is -3.31. The van der Waals surface area contributed by atoms with E-state index in [4.69, 9.17) is 14.2 Å². The van der Waals surface area contributed by atoms with Gasteiger partial charge in [-0.25, -0.2) is 18.8 Å². The molecule has 11 heteroatoms. The number of halogens is 2. The van der Waals surface area contributed by atoms with E-state index in [1.165, 1.54) is 12.1 Å². The molecule has 178 valence electrons. The molecular weight excluding hydrogens is 515 g/mol. The molecule has 4 rings (SSSR count). The van der Waals surface area contributed by atoms with Crippen LogP contribution < -0.4 is 5.32 Å². The van der Waals surface area contributed by atoms with Gasteiger partial charge in [-0.15, -0.1) is 0 Å². The maximum atomic E-state index is 15.5. The number of esters is 2. The number of carbonyl (C=O) groups is 4. The molecule has 1 N–H and O–H groups in total. The zero-order valence-electron chi connectivity index (χ0n) is 17.6. The molecule has 0 saturated carbocycles. The lowest BCUT2D eigenvalue weighted by molar-refractivity contribution is -0.124. The van der Waals surface area contributed by atoms with Crippen molar-refractivity contribution in [2.45, 2.75) is 29.4 Å². The van der Waals surface area contributed by atoms with Crippen LogP contribution in [0.1, 0.15) is 20.7 Å². The fourth-order valence-electron chi connectivity index (χ4n) is 3.61. The molecule has 2 aliphatic rings. The molecule has 3 amide bonds. The maximum Gasteiger partial charge on any atom is 0.338 e. The van der Waals surface area contributed by atoms with Gasteiger partial charge in [0.25, 0.3) is 0 Å². The lowest BCUT2D eigenvalue weighted by Gasteiger charge is -2.34. The Morgan fingerprint density at radius 3 is 2.24 bits per heavy atom. The van der Waals surface area contributed by atoms with Crippen LogP contribution in [0, 0.1) is 0 Å². The van der Waals surface area contributed by atoms with Gasteiger partial charge < -0.3 is 14.2 Å². The van der Waals surface area contributed by atoms with Crippen molar-refractivity contribution in [3.63, 3.8) is 0 Å². The smallest absolute Gasteiger partial charge is 0.338 e. The quantitative estimate of drug-likeness (QED) is 0.447. The van der Waals surface area contributed by atoms with Crippen LogP contribution >= 0.6 is 15.9 Å². The molecule has 0 bridgehead atoms. The normalized spacial score (nSPS) is 26.6. The number of amides is 3. The SMILES string of the molecule is O=C(OCC1OC(N2CC(Br)C(=O)NC2=O)C(F)C1OC(=O)c1ccccc1)c1ccccc1. The van der Waals surface area contributed by atoms with Gasteiger partial charge in [-0.1, -0.05) is 52.3 Å². The molecule has 0 aromatic heterocycles. The fraction of sp³-hybridized carbons (Fsp3) is 0.304. The van der Waals surface area contributed by atoms with Gasteiger partial charge in [0.1, 0.15) is 17.5 Å². The Morgan fingerprint density at radius 1 is 1.03 bits per heavy atom. The van der Waals surface area contributed by atoms with Crippen molar-refractivity contribution in [3.05, 3.63) is 71.8 Å². The number of nitrogens with zero attached hydrogens (tertiary/aromatic N) is 1. The molecule has 5 atom stereocenters. The van der Waals surface area contributed by atoms with Crippen molar-refractivity contribution in [3.8, 4) is 0 Å². The molecule has 2 aromatic carbocycles. The third-order valence-electron chi connectivity index (χ3n) is 5.35. The van der Waals surface area contributed by atoms with Crippen LogP contribution in [0.4, 0.5) is 9.18 Å². The molecule has 2 fully saturated rings. The highest BCUT2D eigenvalue weighted by atomic mass is 79.9. The summed E-state index contributed by atoms with van der Waals surface area (Å²) in [5, 5.41) is 2.11. The van der Waals surface area contributed by atoms with Gasteiger partial charge in [0, 0.05) is 6.54 Å². The standard InChI is InChI=1S/C23H20BrFN2O7/c24-15-11-27(23(31)26-19(15)28)20-17(25)18(34-22(30)14-9-5-2-6-10-14)16(33-20)12-32-21(29)13-7-3-1-4-8-13/h1-10,15-18,20H,11-12H2,(H,26,28,31). The molecule has 34 heavy (non-hydrogen) atoms. The minimum Gasteiger partial charge on any atom is -0.459 e. The van der Waals surface area contributed by atoms with Crippen molar-refractivity contribution in [2.75, 3.05) is 13.2 Å². The first-order valence-corrected chi connectivity index (χ1v) is 11.3. The summed E-state index contributed by atoms with van der Waals surface area (Å²) in [6.07, 6.45) is -6.10. The Bertz CT molecular complexity index is 1070. The van der Waals surface area contributed by atoms with E-state index in [0.717, 1.165) is 4.90 Å². The van der Waals surface area contributed by atoms with E-state index in [-0.39, 0.29) is 17.7 Å². The zero-order valence-corrected chi connectivity index (χ0v) is 19.2. The van der Waals surface area contributed by atoms with Crippen molar-refractivity contribution < 1.29 is 37.8 Å². The first kappa shape index (κ1) is 23.8. The second kappa shape index (κ2) is 10.3. The van der Waals surface area contributed by atoms with Crippen molar-refractivity contribution >= 4 is 39.8 Å². The first-order valence-electron chi connectivity index (χ1n) is 10.4. The molecule has 0 radical (unpaired) electrons. The fourth-order valence-corrected chi connectivity index (χ4v) is 4.04. The van der Waals surface area contributed by atoms with Crippen LogP contribution in [-0.4, -0.2) is 71.4 Å². The van der Waals surface area contributed by atoms with E-state index in [1.54, 1.807) is 48.5 Å². The summed E-state index contributed by atoms with van der Waals surface area (Å²) in [5.74, 6) is -2.03. The van der Waals surface area contributed by atoms with Crippen LogP contribution in [0.5, 0.6) is 0 Å². The molecule has 2 heterocycles. The predicted molar refractivity (Wildman–Crippen MR) is 119 cm³/mol. The summed E-state index contributed by atoms with van der Waals surface area (Å²) < 4.78 is 31.9. The Kier molecular flexibility index (Phi) is 7.23. The van der Waals surface area contributed by atoms with E-state index in [2.05, 4.69) is 21.2 Å². The van der Waals surface area contributed by atoms with Crippen LogP contribution in [0.25, 0.3) is 0 Å². The van der Waals surface area contributed by atoms with Crippen LogP contribution in [0.15, 0.2) is 60.7 Å². The van der Waals surface area contributed by atoms with Crippen LogP contribution in [0.3, 0.4) is 0 Å². The third kappa shape index (κ3) is 5.10. The van der Waals surface area contributed by atoms with Gasteiger partial charge in [0.2, 0.25) is 5.91 Å². The van der Waals surface area contributed by atoms with Crippen molar-refractivity contribution in [1.82, 2.24) is 10.2 Å². The average molecular weight is 535 g/mol. The maximum absolute atomic E-state index is 15.5. The highest BCUT2D eigenvalue weighted by molar-refractivity contribution is 9.10. The number of hydrogen-bond acceptors (Lipinski definition) is 7. The lowest BCUT2D eigenvalue weighted by atomic mass is 10.1. The molecule has 9 nitrogen and oxygen atoms in total. The number of alkyl halides is 2. The monoisotopic (exact) mass is 534 g/mol. The average Bonchev–Trinajstić information content (AvgIpc) is 3.15. The van der Waals surface area contributed by atoms with Crippen LogP contribution in [0.2, 0.25) is 0 Å². The second-order valence-electron chi connectivity index (χ2n) is 7.62. The number of urea groups is 1. The number of benzene rings is 2. The highest BCUT2D eigenvalue weighted by Gasteiger charge is 2.53. The van der Waals surface area contributed by atoms with Crippen LogP contribution in [-0.2, 0) is 19.0 Å². The number of imide groups is 1. The van der Waals surface area contributed by atoms with E-state index in [9.17, 15) is 19.2 Å². The second-order valence-corrected chi connectivity index (χ2v) is 8.73. The third-order valence-corrected chi connectivity index (χ3v) is 6.05. The van der Waals surface area contributed by atoms with E-state index in [1.807, 2.05) is 0 Å². The van der Waals surface area contributed by atoms with E-state index in [0.29, 0.717) is 0 Å². The molecule has 0 aliphatic carbocycles. The largest absolute Gasteiger partial charge is 0.459 e. The summed E-state index contributed by atoms with van der Waals surface area (Å²) in [6, 6.07) is 15.3. The van der Waals surface area contributed by atoms with Gasteiger partial charge in [-0.05, 0) is 24.3 Å². The topological polar surface area (TPSA) is 111 Å². The molecule has 2 saturated heterocycles. The van der Waals surface area contributed by atoms with E-state index >= 15 is 4.39 Å². The molecular formula is C23H20BrFN2O7. The molecule has 2 aliphatic heterocycles. The Morgan fingerprint density at radius 2 is 1.62 bits per heavy atom. The minimum absolute atomic E-state index is 0.161. The Balaban J connectivity index is 1.52. The Labute approximate surface area is 202 Å². The zero-order chi connectivity index (χ0) is 24.2. The van der Waals surface area contributed by atoms with Crippen molar-refractivity contribution in [2.24, 2.45) is 0 Å². The summed E-state index contributed by atoms with van der Waals surface area (Å²) in [6.45, 7) is -0.588. The van der Waals surface area contributed by atoms with E-state index < -0.39 is 59.9 Å². The first-order chi connectivity index (χ1) is 16.3. The summed E-state index contributed by atoms with van der Waals surface area (Å²) in [7, 11) is 0. The van der Waals surface area contributed by atoms with Gasteiger partial charge in [0.15, 0.2) is 18.5 Å².